The van der Waals surface area contributed by atoms with E-state index in [1.807, 2.05) is 6.92 Å². The normalized spacial score (nSPS) is 9.38. The van der Waals surface area contributed by atoms with Crippen molar-refractivity contribution in [3.05, 3.63) is 36.5 Å². The summed E-state index contributed by atoms with van der Waals surface area (Å²) in [5.74, 6) is -0.356. The van der Waals surface area contributed by atoms with Gasteiger partial charge >= 0.3 is 5.97 Å². The quantitative estimate of drug-likeness (QED) is 0.275. The first-order valence-corrected chi connectivity index (χ1v) is 5.35. The number of unbranched alkanes of at least 4 members (excludes halogenated alkanes) is 1. The van der Waals surface area contributed by atoms with Gasteiger partial charge in [0, 0.05) is 7.11 Å². The van der Waals surface area contributed by atoms with Gasteiger partial charge in [-0.15, -0.1) is 0 Å². The number of ether oxygens (including phenoxy) is 2. The minimum atomic E-state index is -0.356. The van der Waals surface area contributed by atoms with Gasteiger partial charge in [-0.2, -0.15) is 0 Å². The van der Waals surface area contributed by atoms with E-state index < -0.39 is 0 Å². The second-order valence-corrected chi connectivity index (χ2v) is 3.26. The van der Waals surface area contributed by atoms with Crippen molar-refractivity contribution < 1.29 is 14.3 Å². The van der Waals surface area contributed by atoms with Gasteiger partial charge in [-0.3, -0.25) is 0 Å². The van der Waals surface area contributed by atoms with Crippen LogP contribution in [0.25, 0.3) is 0 Å². The second kappa shape index (κ2) is 8.92. The molecular formula is C13H20O3. The number of esters is 1. The molecule has 3 heteroatoms. The molecule has 0 atom stereocenters. The van der Waals surface area contributed by atoms with Crippen molar-refractivity contribution in [1.29, 1.82) is 0 Å². The van der Waals surface area contributed by atoms with Gasteiger partial charge < -0.3 is 9.47 Å². The fourth-order valence-electron chi connectivity index (χ4n) is 1.13. The second-order valence-electron chi connectivity index (χ2n) is 3.26. The highest BCUT2D eigenvalue weighted by molar-refractivity contribution is 5.90. The molecule has 0 saturated heterocycles. The van der Waals surface area contributed by atoms with E-state index in [2.05, 4.69) is 13.2 Å². The standard InChI is InChI=1S/C13H20O3/c1-5-8-9-16-13(14)12(10-15-4)11(6-2)7-3/h6-7H,2-3,5,8-10H2,1,4H3. The van der Waals surface area contributed by atoms with E-state index in [1.165, 1.54) is 7.11 Å². The van der Waals surface area contributed by atoms with Crippen molar-refractivity contribution in [2.45, 2.75) is 19.8 Å². The lowest BCUT2D eigenvalue weighted by atomic mass is 10.1. The third kappa shape index (κ3) is 4.94. The average Bonchev–Trinajstić information content (AvgIpc) is 2.29. The van der Waals surface area contributed by atoms with Crippen LogP contribution < -0.4 is 0 Å². The summed E-state index contributed by atoms with van der Waals surface area (Å²) in [5.41, 5.74) is 1.12. The molecule has 0 aliphatic carbocycles. The maximum atomic E-state index is 11.7. The molecule has 0 heterocycles. The van der Waals surface area contributed by atoms with Gasteiger partial charge in [-0.25, -0.2) is 4.79 Å². The highest BCUT2D eigenvalue weighted by Crippen LogP contribution is 2.10. The summed E-state index contributed by atoms with van der Waals surface area (Å²) in [7, 11) is 1.53. The van der Waals surface area contributed by atoms with Gasteiger partial charge in [0.15, 0.2) is 0 Å². The summed E-state index contributed by atoms with van der Waals surface area (Å²) < 4.78 is 10.1. The van der Waals surface area contributed by atoms with Crippen molar-refractivity contribution in [3.63, 3.8) is 0 Å². The fourth-order valence-corrected chi connectivity index (χ4v) is 1.13. The molecule has 0 amide bonds. The van der Waals surface area contributed by atoms with E-state index in [-0.39, 0.29) is 12.6 Å². The summed E-state index contributed by atoms with van der Waals surface area (Å²) >= 11 is 0. The van der Waals surface area contributed by atoms with E-state index in [0.29, 0.717) is 17.8 Å². The average molecular weight is 224 g/mol. The molecule has 0 rings (SSSR count). The summed E-state index contributed by atoms with van der Waals surface area (Å²) in [6.45, 7) is 9.92. The Labute approximate surface area is 97.4 Å². The molecule has 0 aromatic rings. The lowest BCUT2D eigenvalue weighted by Gasteiger charge is -2.09. The van der Waals surface area contributed by atoms with Crippen LogP contribution in [0.2, 0.25) is 0 Å². The van der Waals surface area contributed by atoms with E-state index in [4.69, 9.17) is 9.47 Å². The van der Waals surface area contributed by atoms with Crippen LogP contribution in [0, 0.1) is 0 Å². The van der Waals surface area contributed by atoms with E-state index in [9.17, 15) is 4.79 Å². The number of carbonyl (C=O) groups is 1. The molecule has 0 spiro atoms. The van der Waals surface area contributed by atoms with Crippen LogP contribution in [-0.4, -0.2) is 26.3 Å². The lowest BCUT2D eigenvalue weighted by molar-refractivity contribution is -0.139. The number of rotatable bonds is 8. The van der Waals surface area contributed by atoms with Crippen LogP contribution in [-0.2, 0) is 14.3 Å². The smallest absolute Gasteiger partial charge is 0.336 e. The Bertz CT molecular complexity index is 267. The Morgan fingerprint density at radius 3 is 2.38 bits per heavy atom. The largest absolute Gasteiger partial charge is 0.462 e. The third-order valence-electron chi connectivity index (χ3n) is 2.05. The van der Waals surface area contributed by atoms with Crippen molar-refractivity contribution in [2.75, 3.05) is 20.3 Å². The number of allylic oxidation sites excluding steroid dienone is 3. The van der Waals surface area contributed by atoms with Crippen LogP contribution >= 0.6 is 0 Å². The summed E-state index contributed by atoms with van der Waals surface area (Å²) in [6, 6.07) is 0. The SMILES string of the molecule is C=CC(C=C)=C(COC)C(=O)OCCCC. The Kier molecular flexibility index (Phi) is 8.17. The Balaban J connectivity index is 4.64. The summed E-state index contributed by atoms with van der Waals surface area (Å²) in [4.78, 5) is 11.7. The molecule has 0 bridgehead atoms. The molecule has 90 valence electrons. The number of methoxy groups -OCH3 is 1. The van der Waals surface area contributed by atoms with Crippen LogP contribution in [0.1, 0.15) is 19.8 Å². The number of hydrogen-bond donors (Lipinski definition) is 0. The maximum Gasteiger partial charge on any atom is 0.336 e. The molecule has 0 saturated carbocycles. The Morgan fingerprint density at radius 1 is 1.31 bits per heavy atom. The summed E-state index contributed by atoms with van der Waals surface area (Å²) in [5, 5.41) is 0. The van der Waals surface area contributed by atoms with Crippen LogP contribution in [0.5, 0.6) is 0 Å². The molecule has 0 N–H and O–H groups in total. The minimum Gasteiger partial charge on any atom is -0.462 e. The van der Waals surface area contributed by atoms with Gasteiger partial charge in [0.1, 0.15) is 0 Å². The first-order chi connectivity index (χ1) is 7.71. The highest BCUT2D eigenvalue weighted by Gasteiger charge is 2.13. The first-order valence-electron chi connectivity index (χ1n) is 5.35. The van der Waals surface area contributed by atoms with E-state index >= 15 is 0 Å². The molecule has 0 fully saturated rings. The highest BCUT2D eigenvalue weighted by atomic mass is 16.5. The first kappa shape index (κ1) is 14.6. The van der Waals surface area contributed by atoms with Gasteiger partial charge in [0.2, 0.25) is 0 Å². The number of hydrogen-bond acceptors (Lipinski definition) is 3. The zero-order valence-electron chi connectivity index (χ0n) is 10.1. The molecule has 0 radical (unpaired) electrons. The van der Waals surface area contributed by atoms with E-state index in [0.717, 1.165) is 12.8 Å². The van der Waals surface area contributed by atoms with Gasteiger partial charge in [0.05, 0.1) is 18.8 Å². The van der Waals surface area contributed by atoms with Crippen molar-refractivity contribution in [1.82, 2.24) is 0 Å². The maximum absolute atomic E-state index is 11.7. The van der Waals surface area contributed by atoms with Gasteiger partial charge in [-0.1, -0.05) is 38.7 Å². The molecule has 16 heavy (non-hydrogen) atoms. The molecule has 0 aliphatic heterocycles. The van der Waals surface area contributed by atoms with E-state index in [1.54, 1.807) is 12.2 Å². The topological polar surface area (TPSA) is 35.5 Å². The van der Waals surface area contributed by atoms with Gasteiger partial charge in [0.25, 0.3) is 0 Å². The molecule has 0 aromatic carbocycles. The molecule has 0 aliphatic rings. The molecule has 3 nitrogen and oxygen atoms in total. The molecular weight excluding hydrogens is 204 g/mol. The lowest BCUT2D eigenvalue weighted by Crippen LogP contribution is -2.14. The zero-order valence-corrected chi connectivity index (χ0v) is 10.1. The minimum absolute atomic E-state index is 0.207. The predicted octanol–water partition coefficient (Wildman–Crippen LogP) is 2.64. The van der Waals surface area contributed by atoms with Crippen molar-refractivity contribution in [2.24, 2.45) is 0 Å². The van der Waals surface area contributed by atoms with Crippen LogP contribution in [0.3, 0.4) is 0 Å². The fraction of sp³-hybridized carbons (Fsp3) is 0.462. The third-order valence-corrected chi connectivity index (χ3v) is 2.05. The zero-order chi connectivity index (χ0) is 12.4. The molecule has 0 aromatic heterocycles. The summed E-state index contributed by atoms with van der Waals surface area (Å²) in [6.07, 6.45) is 5.00. The molecule has 0 unspecified atom stereocenters. The number of carbonyl (C=O) groups excluding carboxylic acids is 1. The Morgan fingerprint density at radius 2 is 1.94 bits per heavy atom. The Hall–Kier alpha value is -1.35. The van der Waals surface area contributed by atoms with Crippen LogP contribution in [0.15, 0.2) is 36.5 Å². The van der Waals surface area contributed by atoms with Crippen molar-refractivity contribution in [3.8, 4) is 0 Å². The van der Waals surface area contributed by atoms with Crippen molar-refractivity contribution >= 4 is 5.97 Å². The van der Waals surface area contributed by atoms with Gasteiger partial charge in [-0.05, 0) is 12.0 Å². The predicted molar refractivity (Wildman–Crippen MR) is 65.2 cm³/mol. The van der Waals surface area contributed by atoms with Crippen LogP contribution in [0.4, 0.5) is 0 Å². The monoisotopic (exact) mass is 224 g/mol.